The van der Waals surface area contributed by atoms with Gasteiger partial charge in [-0.3, -0.25) is 10.4 Å². The summed E-state index contributed by atoms with van der Waals surface area (Å²) in [6.07, 6.45) is 0. The molecular formula is C22H19N3OS. The van der Waals surface area contributed by atoms with Crippen molar-refractivity contribution in [2.75, 3.05) is 12.1 Å². The van der Waals surface area contributed by atoms with Gasteiger partial charge < -0.3 is 4.74 Å². The van der Waals surface area contributed by atoms with E-state index in [0.717, 1.165) is 33.6 Å². The number of aliphatic imine (C=N–C) groups is 1. The second-order valence-corrected chi connectivity index (χ2v) is 6.74. The molecule has 1 aliphatic heterocycles. The highest BCUT2D eigenvalue weighted by molar-refractivity contribution is 8.16. The maximum atomic E-state index is 5.28. The molecule has 0 fully saturated rings. The second kappa shape index (κ2) is 8.01. The van der Waals surface area contributed by atoms with Crippen molar-refractivity contribution in [3.8, 4) is 5.75 Å². The number of nitrogens with zero attached hydrogens (tertiary/aromatic N) is 2. The average molecular weight is 373 g/mol. The third-order valence-corrected chi connectivity index (χ3v) is 4.86. The van der Waals surface area contributed by atoms with Crippen LogP contribution in [0.5, 0.6) is 5.75 Å². The minimum Gasteiger partial charge on any atom is -0.497 e. The number of methoxy groups -OCH3 is 1. The van der Waals surface area contributed by atoms with Gasteiger partial charge in [0.25, 0.3) is 0 Å². The molecule has 27 heavy (non-hydrogen) atoms. The van der Waals surface area contributed by atoms with Gasteiger partial charge in [0.05, 0.1) is 24.2 Å². The molecule has 0 radical (unpaired) electrons. The van der Waals surface area contributed by atoms with E-state index in [2.05, 4.69) is 40.1 Å². The number of anilines is 1. The lowest BCUT2D eigenvalue weighted by molar-refractivity contribution is 0.415. The van der Waals surface area contributed by atoms with E-state index in [1.165, 1.54) is 0 Å². The number of thioether (sulfide) groups is 1. The number of hydrogen-bond donors (Lipinski definition) is 1. The molecule has 1 heterocycles. The smallest absolute Gasteiger partial charge is 0.185 e. The molecule has 0 saturated carbocycles. The zero-order valence-electron chi connectivity index (χ0n) is 14.9. The van der Waals surface area contributed by atoms with Crippen molar-refractivity contribution in [2.24, 2.45) is 4.99 Å². The Morgan fingerprint density at radius 2 is 1.52 bits per heavy atom. The number of nitrogens with one attached hydrogen (secondary N) is 1. The van der Waals surface area contributed by atoms with Crippen LogP contribution in [0.4, 0.5) is 11.4 Å². The zero-order chi connectivity index (χ0) is 18.5. The lowest BCUT2D eigenvalue weighted by Crippen LogP contribution is -2.42. The molecule has 4 rings (SSSR count). The summed E-state index contributed by atoms with van der Waals surface area (Å²) in [5.41, 5.74) is 7.55. The Kier molecular flexibility index (Phi) is 5.12. The highest BCUT2D eigenvalue weighted by Crippen LogP contribution is 2.32. The van der Waals surface area contributed by atoms with Crippen LogP contribution in [0.15, 0.2) is 95.3 Å². The molecule has 0 aromatic heterocycles. The van der Waals surface area contributed by atoms with Crippen molar-refractivity contribution < 1.29 is 4.74 Å². The molecule has 0 unspecified atom stereocenters. The summed E-state index contributed by atoms with van der Waals surface area (Å²) >= 11 is 1.57. The molecule has 0 atom stereocenters. The molecule has 1 aliphatic rings. The van der Waals surface area contributed by atoms with Crippen molar-refractivity contribution in [3.05, 3.63) is 95.9 Å². The summed E-state index contributed by atoms with van der Waals surface area (Å²) in [5.74, 6) is 0.841. The summed E-state index contributed by atoms with van der Waals surface area (Å²) in [6, 6.07) is 28.2. The van der Waals surface area contributed by atoms with Gasteiger partial charge in [-0.1, -0.05) is 48.2 Å². The Labute approximate surface area is 163 Å². The Balaban J connectivity index is 1.71. The van der Waals surface area contributed by atoms with Gasteiger partial charge in [0.1, 0.15) is 5.75 Å². The van der Waals surface area contributed by atoms with Gasteiger partial charge in [0.2, 0.25) is 0 Å². The molecule has 3 aromatic rings. The highest BCUT2D eigenvalue weighted by atomic mass is 32.2. The van der Waals surface area contributed by atoms with E-state index in [-0.39, 0.29) is 0 Å². The van der Waals surface area contributed by atoms with Crippen LogP contribution in [0.1, 0.15) is 5.56 Å². The van der Waals surface area contributed by atoms with Crippen molar-refractivity contribution in [2.45, 2.75) is 0 Å². The van der Waals surface area contributed by atoms with Gasteiger partial charge in [0, 0.05) is 11.0 Å². The van der Waals surface area contributed by atoms with Gasteiger partial charge >= 0.3 is 0 Å². The van der Waals surface area contributed by atoms with Gasteiger partial charge in [-0.2, -0.15) is 0 Å². The van der Waals surface area contributed by atoms with Crippen molar-refractivity contribution in [1.29, 1.82) is 0 Å². The van der Waals surface area contributed by atoms with Crippen LogP contribution in [0.2, 0.25) is 0 Å². The SMILES string of the molecule is COc1ccc(C2=CSC(=Nc3ccccc3)NN2c2ccccc2)cc1. The fraction of sp³-hybridized carbons (Fsp3) is 0.0455. The molecule has 1 N–H and O–H groups in total. The van der Waals surface area contributed by atoms with Crippen LogP contribution in [0, 0.1) is 0 Å². The van der Waals surface area contributed by atoms with Crippen molar-refractivity contribution in [1.82, 2.24) is 5.43 Å². The van der Waals surface area contributed by atoms with Gasteiger partial charge in [-0.15, -0.1) is 0 Å². The fourth-order valence-corrected chi connectivity index (χ4v) is 3.52. The minimum atomic E-state index is 0.822. The topological polar surface area (TPSA) is 36.9 Å². The van der Waals surface area contributed by atoms with E-state index in [9.17, 15) is 0 Å². The fourth-order valence-electron chi connectivity index (χ4n) is 2.76. The molecule has 4 nitrogen and oxygen atoms in total. The largest absolute Gasteiger partial charge is 0.497 e. The van der Waals surface area contributed by atoms with E-state index < -0.39 is 0 Å². The first-order chi connectivity index (χ1) is 13.3. The number of hydrogen-bond acceptors (Lipinski definition) is 4. The monoisotopic (exact) mass is 373 g/mol. The lowest BCUT2D eigenvalue weighted by atomic mass is 10.1. The maximum absolute atomic E-state index is 5.28. The van der Waals surface area contributed by atoms with Crippen LogP contribution >= 0.6 is 11.8 Å². The summed E-state index contributed by atoms with van der Waals surface area (Å²) in [6.45, 7) is 0. The van der Waals surface area contributed by atoms with E-state index >= 15 is 0 Å². The van der Waals surface area contributed by atoms with Crippen molar-refractivity contribution in [3.63, 3.8) is 0 Å². The first kappa shape index (κ1) is 17.2. The highest BCUT2D eigenvalue weighted by Gasteiger charge is 2.21. The Bertz CT molecular complexity index is 954. The van der Waals surface area contributed by atoms with Crippen LogP contribution in [-0.2, 0) is 0 Å². The maximum Gasteiger partial charge on any atom is 0.185 e. The number of ether oxygens (including phenoxy) is 1. The molecule has 0 spiro atoms. The summed E-state index contributed by atoms with van der Waals surface area (Å²) < 4.78 is 5.28. The first-order valence-electron chi connectivity index (χ1n) is 8.60. The molecular weight excluding hydrogens is 354 g/mol. The quantitative estimate of drug-likeness (QED) is 0.661. The zero-order valence-corrected chi connectivity index (χ0v) is 15.7. The van der Waals surface area contributed by atoms with Crippen LogP contribution < -0.4 is 15.2 Å². The molecule has 3 aromatic carbocycles. The van der Waals surface area contributed by atoms with Crippen molar-refractivity contribution >= 4 is 34.0 Å². The third-order valence-electron chi connectivity index (χ3n) is 4.12. The standard InChI is InChI=1S/C22H19N3OS/c1-26-20-14-12-17(13-15-20)21-16-27-22(23-18-8-4-2-5-9-18)24-25(21)19-10-6-3-7-11-19/h2-16H,1H3,(H,23,24). The summed E-state index contributed by atoms with van der Waals surface area (Å²) in [4.78, 5) is 4.71. The van der Waals surface area contributed by atoms with Crippen LogP contribution in [0.3, 0.4) is 0 Å². The third kappa shape index (κ3) is 3.99. The molecule has 0 bridgehead atoms. The first-order valence-corrected chi connectivity index (χ1v) is 9.48. The lowest BCUT2D eigenvalue weighted by Gasteiger charge is -2.32. The number of rotatable bonds is 4. The summed E-state index contributed by atoms with van der Waals surface area (Å²) in [5, 5.41) is 5.00. The van der Waals surface area contributed by atoms with Gasteiger partial charge in [0.15, 0.2) is 5.17 Å². The molecule has 0 saturated heterocycles. The number of para-hydroxylation sites is 2. The average Bonchev–Trinajstić information content (AvgIpc) is 2.75. The summed E-state index contributed by atoms with van der Waals surface area (Å²) in [7, 11) is 1.68. The van der Waals surface area contributed by atoms with Crippen LogP contribution in [-0.4, -0.2) is 12.3 Å². The molecule has 134 valence electrons. The van der Waals surface area contributed by atoms with E-state index in [1.807, 2.05) is 60.7 Å². The van der Waals surface area contributed by atoms with Gasteiger partial charge in [-0.25, -0.2) is 4.99 Å². The number of benzene rings is 3. The van der Waals surface area contributed by atoms with Crippen LogP contribution in [0.25, 0.3) is 5.70 Å². The van der Waals surface area contributed by atoms with E-state index in [0.29, 0.717) is 0 Å². The normalized spacial score (nSPS) is 15.2. The molecule has 0 aliphatic carbocycles. The molecule has 0 amide bonds. The second-order valence-electron chi connectivity index (χ2n) is 5.88. The van der Waals surface area contributed by atoms with Gasteiger partial charge in [-0.05, 0) is 48.5 Å². The predicted octanol–water partition coefficient (Wildman–Crippen LogP) is 5.44. The number of amidine groups is 1. The Morgan fingerprint density at radius 3 is 2.19 bits per heavy atom. The molecule has 5 heteroatoms. The number of hydrazine groups is 1. The predicted molar refractivity (Wildman–Crippen MR) is 114 cm³/mol. The van der Waals surface area contributed by atoms with E-state index in [4.69, 9.17) is 9.73 Å². The van der Waals surface area contributed by atoms with E-state index in [1.54, 1.807) is 18.9 Å². The Morgan fingerprint density at radius 1 is 0.852 bits per heavy atom. The minimum absolute atomic E-state index is 0.822. The Hall–Kier alpha value is -3.18.